The molecule has 2 aromatic carbocycles. The molecule has 3 aromatic heterocycles. The lowest BCUT2D eigenvalue weighted by molar-refractivity contribution is 0.313. The van der Waals surface area contributed by atoms with E-state index in [4.69, 9.17) is 4.98 Å². The molecule has 0 spiro atoms. The van der Waals surface area contributed by atoms with Crippen molar-refractivity contribution in [2.75, 3.05) is 38.1 Å². The third kappa shape index (κ3) is 2.91. The number of para-hydroxylation sites is 1. The van der Waals surface area contributed by atoms with Crippen LogP contribution in [-0.4, -0.2) is 68.3 Å². The van der Waals surface area contributed by atoms with E-state index in [2.05, 4.69) is 37.9 Å². The maximum absolute atomic E-state index is 10.7. The standard InChI is InChI=1S/C24H24N6O2/c1-29-7-9-30(10-8-29)20-4-2-3-19-22(20)28-23(27-19)21-17(13-26-24(21)32)16-12-25-18-6-5-14(31)11-15(16)18/h2-6,11-13,25-26,31-32H,7-10H2,1H3,(H,27,28). The highest BCUT2D eigenvalue weighted by atomic mass is 16.3. The molecule has 0 amide bonds. The maximum Gasteiger partial charge on any atom is 0.200 e. The molecule has 0 radical (unpaired) electrons. The van der Waals surface area contributed by atoms with Gasteiger partial charge in [0, 0.05) is 60.6 Å². The fourth-order valence-corrected chi connectivity index (χ4v) is 4.63. The van der Waals surface area contributed by atoms with Gasteiger partial charge in [-0.25, -0.2) is 4.98 Å². The average Bonchev–Trinajstić information content (AvgIpc) is 3.49. The van der Waals surface area contributed by atoms with Crippen molar-refractivity contribution in [3.63, 3.8) is 0 Å². The van der Waals surface area contributed by atoms with Crippen molar-refractivity contribution in [3.05, 3.63) is 48.8 Å². The van der Waals surface area contributed by atoms with Gasteiger partial charge in [-0.2, -0.15) is 0 Å². The number of likely N-dealkylation sites (N-methyl/N-ethyl adjacent to an activating group) is 1. The Bertz CT molecular complexity index is 1440. The van der Waals surface area contributed by atoms with E-state index in [1.165, 1.54) is 0 Å². The van der Waals surface area contributed by atoms with E-state index in [9.17, 15) is 10.2 Å². The third-order valence-corrected chi connectivity index (χ3v) is 6.39. The van der Waals surface area contributed by atoms with Crippen molar-refractivity contribution in [2.24, 2.45) is 0 Å². The van der Waals surface area contributed by atoms with E-state index < -0.39 is 0 Å². The number of fused-ring (bicyclic) bond motifs is 2. The predicted molar refractivity (Wildman–Crippen MR) is 126 cm³/mol. The summed E-state index contributed by atoms with van der Waals surface area (Å²) in [5.74, 6) is 0.847. The summed E-state index contributed by atoms with van der Waals surface area (Å²) in [7, 11) is 2.14. The first-order valence-electron chi connectivity index (χ1n) is 10.7. The zero-order chi connectivity index (χ0) is 21.8. The van der Waals surface area contributed by atoms with Gasteiger partial charge in [-0.1, -0.05) is 6.07 Å². The zero-order valence-corrected chi connectivity index (χ0v) is 17.7. The van der Waals surface area contributed by atoms with Crippen LogP contribution in [-0.2, 0) is 0 Å². The number of aromatic hydroxyl groups is 2. The number of benzene rings is 2. The topological polar surface area (TPSA) is 107 Å². The number of hydrogen-bond donors (Lipinski definition) is 5. The second kappa shape index (κ2) is 7.06. The monoisotopic (exact) mass is 428 g/mol. The van der Waals surface area contributed by atoms with Gasteiger partial charge >= 0.3 is 0 Å². The number of piperazine rings is 1. The van der Waals surface area contributed by atoms with Gasteiger partial charge in [0.1, 0.15) is 17.1 Å². The minimum atomic E-state index is 0.0507. The Morgan fingerprint density at radius 2 is 1.72 bits per heavy atom. The second-order valence-corrected chi connectivity index (χ2v) is 8.41. The van der Waals surface area contributed by atoms with E-state index in [1.807, 2.05) is 24.4 Å². The number of rotatable bonds is 3. The predicted octanol–water partition coefficient (Wildman–Crippen LogP) is 3.87. The smallest absolute Gasteiger partial charge is 0.200 e. The highest BCUT2D eigenvalue weighted by Crippen LogP contribution is 2.42. The molecule has 0 saturated carbocycles. The van der Waals surface area contributed by atoms with Crippen LogP contribution in [0.15, 0.2) is 48.8 Å². The van der Waals surface area contributed by atoms with Crippen molar-refractivity contribution in [3.8, 4) is 34.1 Å². The molecule has 0 bridgehead atoms. The van der Waals surface area contributed by atoms with Crippen LogP contribution >= 0.6 is 0 Å². The summed E-state index contributed by atoms with van der Waals surface area (Å²) in [6.07, 6.45) is 3.65. The van der Waals surface area contributed by atoms with E-state index in [1.54, 1.807) is 18.3 Å². The van der Waals surface area contributed by atoms with Gasteiger partial charge in [0.25, 0.3) is 0 Å². The third-order valence-electron chi connectivity index (χ3n) is 6.39. The molecule has 0 unspecified atom stereocenters. The molecule has 8 heteroatoms. The molecule has 0 atom stereocenters. The van der Waals surface area contributed by atoms with Gasteiger partial charge in [-0.05, 0) is 37.4 Å². The quantitative estimate of drug-likeness (QED) is 0.300. The van der Waals surface area contributed by atoms with Gasteiger partial charge in [-0.15, -0.1) is 0 Å². The lowest BCUT2D eigenvalue weighted by atomic mass is 10.0. The van der Waals surface area contributed by atoms with E-state index >= 15 is 0 Å². The molecule has 32 heavy (non-hydrogen) atoms. The highest BCUT2D eigenvalue weighted by Gasteiger charge is 2.23. The summed E-state index contributed by atoms with van der Waals surface area (Å²) in [6, 6.07) is 11.4. The fourth-order valence-electron chi connectivity index (χ4n) is 4.63. The second-order valence-electron chi connectivity index (χ2n) is 8.41. The molecule has 1 aliphatic heterocycles. The summed E-state index contributed by atoms with van der Waals surface area (Å²) >= 11 is 0. The first-order valence-corrected chi connectivity index (χ1v) is 10.7. The molecule has 1 aliphatic rings. The van der Waals surface area contributed by atoms with Crippen LogP contribution in [0.5, 0.6) is 11.6 Å². The first-order chi connectivity index (χ1) is 15.6. The van der Waals surface area contributed by atoms with Crippen LogP contribution in [0.25, 0.3) is 44.5 Å². The Hall–Kier alpha value is -3.91. The Labute approximate surface area is 184 Å². The first kappa shape index (κ1) is 18.8. The van der Waals surface area contributed by atoms with E-state index in [0.717, 1.165) is 64.9 Å². The van der Waals surface area contributed by atoms with Crippen molar-refractivity contribution in [2.45, 2.75) is 0 Å². The number of phenolic OH excluding ortho intramolecular Hbond substituents is 1. The van der Waals surface area contributed by atoms with Crippen molar-refractivity contribution >= 4 is 27.6 Å². The molecule has 162 valence electrons. The summed E-state index contributed by atoms with van der Waals surface area (Å²) < 4.78 is 0. The van der Waals surface area contributed by atoms with Crippen LogP contribution in [0.2, 0.25) is 0 Å². The number of H-pyrrole nitrogens is 3. The van der Waals surface area contributed by atoms with Crippen LogP contribution in [0, 0.1) is 0 Å². The number of nitrogens with zero attached hydrogens (tertiary/aromatic N) is 3. The van der Waals surface area contributed by atoms with Gasteiger partial charge in [-0.3, -0.25) is 0 Å². The number of imidazole rings is 1. The van der Waals surface area contributed by atoms with Gasteiger partial charge in [0.15, 0.2) is 5.88 Å². The maximum atomic E-state index is 10.7. The van der Waals surface area contributed by atoms with Crippen LogP contribution in [0.4, 0.5) is 5.69 Å². The Morgan fingerprint density at radius 1 is 0.906 bits per heavy atom. The van der Waals surface area contributed by atoms with E-state index in [-0.39, 0.29) is 11.6 Å². The number of phenols is 1. The summed E-state index contributed by atoms with van der Waals surface area (Å²) in [4.78, 5) is 19.2. The molecule has 1 saturated heterocycles. The van der Waals surface area contributed by atoms with Crippen molar-refractivity contribution in [1.82, 2.24) is 24.8 Å². The summed E-state index contributed by atoms with van der Waals surface area (Å²) in [6.45, 7) is 3.95. The lowest BCUT2D eigenvalue weighted by Gasteiger charge is -2.34. The van der Waals surface area contributed by atoms with Gasteiger partial charge in [0.05, 0.1) is 16.8 Å². The largest absolute Gasteiger partial charge is 0.508 e. The average molecular weight is 428 g/mol. The minimum Gasteiger partial charge on any atom is -0.508 e. The number of anilines is 1. The zero-order valence-electron chi connectivity index (χ0n) is 17.7. The molecule has 6 rings (SSSR count). The van der Waals surface area contributed by atoms with Crippen LogP contribution < -0.4 is 4.90 Å². The fraction of sp³-hybridized carbons (Fsp3) is 0.208. The molecule has 5 aromatic rings. The highest BCUT2D eigenvalue weighted by molar-refractivity contribution is 6.01. The summed E-state index contributed by atoms with van der Waals surface area (Å²) in [5.41, 5.74) is 6.13. The van der Waals surface area contributed by atoms with Crippen molar-refractivity contribution in [1.29, 1.82) is 0 Å². The Kier molecular flexibility index (Phi) is 4.16. The molecule has 1 fully saturated rings. The number of hydrogen-bond acceptors (Lipinski definition) is 5. The Morgan fingerprint density at radius 3 is 2.56 bits per heavy atom. The van der Waals surface area contributed by atoms with E-state index in [0.29, 0.717) is 11.4 Å². The Balaban J connectivity index is 1.48. The summed E-state index contributed by atoms with van der Waals surface area (Å²) in [5, 5.41) is 21.5. The van der Waals surface area contributed by atoms with Gasteiger partial charge in [0.2, 0.25) is 0 Å². The molecular formula is C24H24N6O2. The molecule has 5 N–H and O–H groups in total. The molecule has 4 heterocycles. The van der Waals surface area contributed by atoms with Gasteiger partial charge < -0.3 is 35.0 Å². The van der Waals surface area contributed by atoms with Crippen molar-refractivity contribution < 1.29 is 10.2 Å². The molecule has 8 nitrogen and oxygen atoms in total. The SMILES string of the molecule is CN1CCN(c2cccc3[nH]c(-c4c(-c5c[nH]c6ccc(O)cc56)c[nH]c4O)nc23)CC1. The number of nitrogens with one attached hydrogen (secondary N) is 3. The lowest BCUT2D eigenvalue weighted by Crippen LogP contribution is -2.44. The number of aromatic nitrogens is 4. The normalized spacial score (nSPS) is 15.2. The molecular weight excluding hydrogens is 404 g/mol. The minimum absolute atomic E-state index is 0.0507. The van der Waals surface area contributed by atoms with Crippen LogP contribution in [0.3, 0.4) is 0 Å². The molecule has 0 aliphatic carbocycles. The van der Waals surface area contributed by atoms with Crippen LogP contribution in [0.1, 0.15) is 0 Å². The number of aromatic amines is 3.